The van der Waals surface area contributed by atoms with Gasteiger partial charge in [0.2, 0.25) is 0 Å². The Kier molecular flexibility index (Phi) is 3.33. The fourth-order valence-corrected chi connectivity index (χ4v) is 2.31. The van der Waals surface area contributed by atoms with Crippen LogP contribution >= 0.6 is 11.8 Å². The van der Waals surface area contributed by atoms with Crippen LogP contribution < -0.4 is 0 Å². The molecule has 0 aliphatic heterocycles. The SMILES string of the molecule is Cc1occc1-c1nnc(SCc2cccnc2)o1. The molecule has 96 valence electrons. The van der Waals surface area contributed by atoms with E-state index in [9.17, 15) is 0 Å². The number of pyridine rings is 1. The van der Waals surface area contributed by atoms with E-state index in [0.717, 1.165) is 22.6 Å². The van der Waals surface area contributed by atoms with Crippen molar-refractivity contribution in [1.29, 1.82) is 0 Å². The van der Waals surface area contributed by atoms with Crippen LogP contribution in [0.2, 0.25) is 0 Å². The summed E-state index contributed by atoms with van der Waals surface area (Å²) < 4.78 is 10.8. The third-order valence-electron chi connectivity index (χ3n) is 2.58. The molecular formula is C13H11N3O2S. The monoisotopic (exact) mass is 273 g/mol. The maximum atomic E-state index is 5.59. The van der Waals surface area contributed by atoms with Crippen LogP contribution in [-0.4, -0.2) is 15.2 Å². The Morgan fingerprint density at radius 1 is 1.26 bits per heavy atom. The summed E-state index contributed by atoms with van der Waals surface area (Å²) in [6.07, 6.45) is 5.18. The van der Waals surface area contributed by atoms with E-state index in [4.69, 9.17) is 8.83 Å². The zero-order valence-electron chi connectivity index (χ0n) is 10.2. The van der Waals surface area contributed by atoms with Crippen LogP contribution in [0, 0.1) is 6.92 Å². The van der Waals surface area contributed by atoms with Crippen molar-refractivity contribution in [3.05, 3.63) is 48.2 Å². The molecule has 0 radical (unpaired) electrons. The summed E-state index contributed by atoms with van der Waals surface area (Å²) >= 11 is 1.49. The minimum Gasteiger partial charge on any atom is -0.469 e. The topological polar surface area (TPSA) is 65.0 Å². The van der Waals surface area contributed by atoms with Gasteiger partial charge in [0, 0.05) is 18.1 Å². The summed E-state index contributed by atoms with van der Waals surface area (Å²) in [6, 6.07) is 5.74. The summed E-state index contributed by atoms with van der Waals surface area (Å²) in [5, 5.41) is 8.57. The summed E-state index contributed by atoms with van der Waals surface area (Å²) in [5.74, 6) is 2.01. The zero-order valence-corrected chi connectivity index (χ0v) is 11.1. The van der Waals surface area contributed by atoms with Crippen molar-refractivity contribution in [3.8, 4) is 11.5 Å². The fourth-order valence-electron chi connectivity index (χ4n) is 1.61. The van der Waals surface area contributed by atoms with Crippen LogP contribution in [0.25, 0.3) is 11.5 Å². The molecule has 0 saturated carbocycles. The summed E-state index contributed by atoms with van der Waals surface area (Å²) in [4.78, 5) is 4.06. The van der Waals surface area contributed by atoms with Crippen LogP contribution in [0.15, 0.2) is 50.9 Å². The van der Waals surface area contributed by atoms with Crippen LogP contribution in [0.4, 0.5) is 0 Å². The van der Waals surface area contributed by atoms with Crippen molar-refractivity contribution >= 4 is 11.8 Å². The molecule has 0 unspecified atom stereocenters. The Balaban J connectivity index is 1.71. The molecule has 0 spiro atoms. The highest BCUT2D eigenvalue weighted by atomic mass is 32.2. The molecule has 19 heavy (non-hydrogen) atoms. The smallest absolute Gasteiger partial charge is 0.277 e. The third kappa shape index (κ3) is 2.68. The molecule has 6 heteroatoms. The van der Waals surface area contributed by atoms with E-state index in [1.165, 1.54) is 11.8 Å². The number of hydrogen-bond donors (Lipinski definition) is 0. The van der Waals surface area contributed by atoms with Crippen molar-refractivity contribution in [2.45, 2.75) is 17.9 Å². The molecule has 0 aliphatic rings. The minimum atomic E-state index is 0.486. The van der Waals surface area contributed by atoms with Crippen LogP contribution in [0.1, 0.15) is 11.3 Å². The Morgan fingerprint density at radius 3 is 2.95 bits per heavy atom. The standard InChI is InChI=1S/C13H11N3O2S/c1-9-11(4-6-17-9)12-15-16-13(18-12)19-8-10-3-2-5-14-7-10/h2-7H,8H2,1H3. The molecule has 0 bridgehead atoms. The number of aromatic nitrogens is 3. The first-order valence-electron chi connectivity index (χ1n) is 5.72. The predicted octanol–water partition coefficient (Wildman–Crippen LogP) is 3.33. The molecule has 0 aromatic carbocycles. The van der Waals surface area contributed by atoms with E-state index in [1.807, 2.05) is 31.3 Å². The van der Waals surface area contributed by atoms with E-state index < -0.39 is 0 Å². The Labute approximate surface area is 114 Å². The molecule has 3 aromatic heterocycles. The molecule has 0 fully saturated rings. The lowest BCUT2D eigenvalue weighted by atomic mass is 10.3. The minimum absolute atomic E-state index is 0.486. The first-order valence-corrected chi connectivity index (χ1v) is 6.71. The number of furan rings is 1. The molecule has 3 heterocycles. The number of rotatable bonds is 4. The average Bonchev–Trinajstić information content (AvgIpc) is 3.06. The molecule has 5 nitrogen and oxygen atoms in total. The summed E-state index contributed by atoms with van der Waals surface area (Å²) in [6.45, 7) is 1.86. The van der Waals surface area contributed by atoms with Gasteiger partial charge < -0.3 is 8.83 Å². The Bertz CT molecular complexity index is 663. The van der Waals surface area contributed by atoms with Gasteiger partial charge in [-0.05, 0) is 24.6 Å². The van der Waals surface area contributed by atoms with Crippen LogP contribution in [0.5, 0.6) is 0 Å². The second-order valence-corrected chi connectivity index (χ2v) is 4.84. The average molecular weight is 273 g/mol. The van der Waals surface area contributed by atoms with E-state index in [2.05, 4.69) is 15.2 Å². The predicted molar refractivity (Wildman–Crippen MR) is 70.5 cm³/mol. The lowest BCUT2D eigenvalue weighted by molar-refractivity contribution is 0.463. The molecule has 0 atom stereocenters. The quantitative estimate of drug-likeness (QED) is 0.679. The summed E-state index contributed by atoms with van der Waals surface area (Å²) in [5.41, 5.74) is 1.95. The van der Waals surface area contributed by atoms with Gasteiger partial charge in [-0.2, -0.15) is 0 Å². The second-order valence-electron chi connectivity index (χ2n) is 3.91. The molecule has 0 amide bonds. The van der Waals surface area contributed by atoms with E-state index in [1.54, 1.807) is 12.5 Å². The highest BCUT2D eigenvalue weighted by molar-refractivity contribution is 7.98. The van der Waals surface area contributed by atoms with Crippen molar-refractivity contribution < 1.29 is 8.83 Å². The first-order chi connectivity index (χ1) is 9.33. The van der Waals surface area contributed by atoms with Gasteiger partial charge in [0.1, 0.15) is 5.76 Å². The lowest BCUT2D eigenvalue weighted by Gasteiger charge is -1.95. The molecular weight excluding hydrogens is 262 g/mol. The van der Waals surface area contributed by atoms with Crippen molar-refractivity contribution in [1.82, 2.24) is 15.2 Å². The van der Waals surface area contributed by atoms with Gasteiger partial charge in [-0.15, -0.1) is 10.2 Å². The van der Waals surface area contributed by atoms with E-state index in [0.29, 0.717) is 11.1 Å². The summed E-state index contributed by atoms with van der Waals surface area (Å²) in [7, 11) is 0. The highest BCUT2D eigenvalue weighted by Crippen LogP contribution is 2.27. The fraction of sp³-hybridized carbons (Fsp3) is 0.154. The first kappa shape index (κ1) is 12.0. The molecule has 0 aliphatic carbocycles. The number of aryl methyl sites for hydroxylation is 1. The largest absolute Gasteiger partial charge is 0.469 e. The molecule has 3 rings (SSSR count). The van der Waals surface area contributed by atoms with Gasteiger partial charge in [0.25, 0.3) is 11.1 Å². The van der Waals surface area contributed by atoms with Crippen LogP contribution in [0.3, 0.4) is 0 Å². The highest BCUT2D eigenvalue weighted by Gasteiger charge is 2.13. The molecule has 0 N–H and O–H groups in total. The second kappa shape index (κ2) is 5.27. The normalized spacial score (nSPS) is 10.8. The van der Waals surface area contributed by atoms with Gasteiger partial charge in [0.15, 0.2) is 0 Å². The van der Waals surface area contributed by atoms with Gasteiger partial charge in [-0.25, -0.2) is 0 Å². The van der Waals surface area contributed by atoms with E-state index in [-0.39, 0.29) is 0 Å². The van der Waals surface area contributed by atoms with Gasteiger partial charge >= 0.3 is 0 Å². The Morgan fingerprint density at radius 2 is 2.21 bits per heavy atom. The maximum absolute atomic E-state index is 5.59. The molecule has 0 saturated heterocycles. The van der Waals surface area contributed by atoms with Crippen molar-refractivity contribution in [3.63, 3.8) is 0 Å². The van der Waals surface area contributed by atoms with Gasteiger partial charge in [-0.1, -0.05) is 17.8 Å². The van der Waals surface area contributed by atoms with E-state index >= 15 is 0 Å². The molecule has 3 aromatic rings. The third-order valence-corrected chi connectivity index (χ3v) is 3.47. The van der Waals surface area contributed by atoms with Gasteiger partial charge in [0.05, 0.1) is 11.8 Å². The van der Waals surface area contributed by atoms with Crippen LogP contribution in [-0.2, 0) is 5.75 Å². The number of thioether (sulfide) groups is 1. The van der Waals surface area contributed by atoms with Gasteiger partial charge in [-0.3, -0.25) is 4.98 Å². The zero-order chi connectivity index (χ0) is 13.1. The van der Waals surface area contributed by atoms with Crippen molar-refractivity contribution in [2.75, 3.05) is 0 Å². The maximum Gasteiger partial charge on any atom is 0.277 e. The number of hydrogen-bond acceptors (Lipinski definition) is 6. The van der Waals surface area contributed by atoms with Crippen molar-refractivity contribution in [2.24, 2.45) is 0 Å². The lowest BCUT2D eigenvalue weighted by Crippen LogP contribution is -1.81. The number of nitrogens with zero attached hydrogens (tertiary/aromatic N) is 3. The Hall–Kier alpha value is -2.08.